The summed E-state index contributed by atoms with van der Waals surface area (Å²) in [6, 6.07) is 8.02. The van der Waals surface area contributed by atoms with E-state index < -0.39 is 0 Å². The molecule has 22 heavy (non-hydrogen) atoms. The van der Waals surface area contributed by atoms with Crippen molar-refractivity contribution in [3.05, 3.63) is 29.3 Å². The lowest BCUT2D eigenvalue weighted by Crippen LogP contribution is -2.47. The zero-order valence-electron chi connectivity index (χ0n) is 12.9. The lowest BCUT2D eigenvalue weighted by Gasteiger charge is -2.36. The minimum atomic E-state index is 0.201. The number of anilines is 1. The monoisotopic (exact) mass is 321 g/mol. The summed E-state index contributed by atoms with van der Waals surface area (Å²) in [6.07, 6.45) is 3.19. The topological polar surface area (TPSA) is 35.6 Å². The summed E-state index contributed by atoms with van der Waals surface area (Å²) < 4.78 is 0. The molecule has 1 N–H and O–H groups in total. The van der Waals surface area contributed by atoms with Gasteiger partial charge in [-0.15, -0.1) is 0 Å². The molecule has 1 aromatic rings. The van der Waals surface area contributed by atoms with Gasteiger partial charge in [-0.1, -0.05) is 11.6 Å². The van der Waals surface area contributed by atoms with Gasteiger partial charge < -0.3 is 10.2 Å². The molecule has 1 saturated heterocycles. The zero-order chi connectivity index (χ0) is 15.4. The number of benzene rings is 1. The van der Waals surface area contributed by atoms with Crippen molar-refractivity contribution in [1.82, 2.24) is 10.2 Å². The van der Waals surface area contributed by atoms with Gasteiger partial charge in [-0.3, -0.25) is 9.69 Å². The van der Waals surface area contributed by atoms with E-state index in [0.29, 0.717) is 6.42 Å². The predicted molar refractivity (Wildman–Crippen MR) is 90.5 cm³/mol. The molecule has 0 unspecified atom stereocenters. The molecule has 4 nitrogen and oxygen atoms in total. The van der Waals surface area contributed by atoms with E-state index in [1.54, 1.807) is 0 Å². The number of amides is 1. The number of nitrogens with one attached hydrogen (secondary N) is 1. The number of hydrogen-bond donors (Lipinski definition) is 1. The van der Waals surface area contributed by atoms with Gasteiger partial charge in [0, 0.05) is 56.4 Å². The Morgan fingerprint density at radius 1 is 1.14 bits per heavy atom. The van der Waals surface area contributed by atoms with Crippen LogP contribution in [0.3, 0.4) is 0 Å². The Bertz CT molecular complexity index is 493. The standard InChI is InChI=1S/C17H24ClN3O/c18-15-3-5-16(6-4-15)21-11-9-20(10-12-21)8-7-17(22)19-13-14-1-2-14/h3-6,14H,1-2,7-13H2,(H,19,22). The maximum atomic E-state index is 11.8. The van der Waals surface area contributed by atoms with Gasteiger partial charge in [0.2, 0.25) is 5.91 Å². The van der Waals surface area contributed by atoms with Gasteiger partial charge in [0.25, 0.3) is 0 Å². The summed E-state index contributed by atoms with van der Waals surface area (Å²) >= 11 is 5.93. The highest BCUT2D eigenvalue weighted by Crippen LogP contribution is 2.27. The molecule has 1 aliphatic heterocycles. The molecule has 1 saturated carbocycles. The van der Waals surface area contributed by atoms with E-state index in [9.17, 15) is 4.79 Å². The molecular formula is C17H24ClN3O. The van der Waals surface area contributed by atoms with Gasteiger partial charge in [0.05, 0.1) is 0 Å². The second-order valence-corrected chi connectivity index (χ2v) is 6.74. The first-order valence-corrected chi connectivity index (χ1v) is 8.58. The Morgan fingerprint density at radius 2 is 1.82 bits per heavy atom. The van der Waals surface area contributed by atoms with Gasteiger partial charge in [-0.05, 0) is 43.0 Å². The van der Waals surface area contributed by atoms with Crippen LogP contribution in [0.5, 0.6) is 0 Å². The fourth-order valence-corrected chi connectivity index (χ4v) is 2.94. The van der Waals surface area contributed by atoms with Crippen molar-refractivity contribution in [2.75, 3.05) is 44.2 Å². The third-order valence-corrected chi connectivity index (χ3v) is 4.76. The highest BCUT2D eigenvalue weighted by Gasteiger charge is 2.22. The Hall–Kier alpha value is -1.26. The molecule has 2 aliphatic rings. The van der Waals surface area contributed by atoms with Crippen LogP contribution < -0.4 is 10.2 Å². The lowest BCUT2D eigenvalue weighted by molar-refractivity contribution is -0.121. The van der Waals surface area contributed by atoms with E-state index in [1.807, 2.05) is 12.1 Å². The van der Waals surface area contributed by atoms with Gasteiger partial charge in [-0.2, -0.15) is 0 Å². The summed E-state index contributed by atoms with van der Waals surface area (Å²) in [7, 11) is 0. The fourth-order valence-electron chi connectivity index (χ4n) is 2.81. The first-order chi connectivity index (χ1) is 10.7. The molecule has 120 valence electrons. The van der Waals surface area contributed by atoms with Crippen LogP contribution in [0.25, 0.3) is 0 Å². The molecule has 0 atom stereocenters. The van der Waals surface area contributed by atoms with Crippen LogP contribution >= 0.6 is 11.6 Å². The molecule has 0 bridgehead atoms. The molecule has 1 amide bonds. The number of rotatable bonds is 6. The maximum Gasteiger partial charge on any atom is 0.221 e. The second kappa shape index (κ2) is 7.34. The second-order valence-electron chi connectivity index (χ2n) is 6.30. The van der Waals surface area contributed by atoms with Crippen LogP contribution in [0.4, 0.5) is 5.69 Å². The van der Waals surface area contributed by atoms with Crippen LogP contribution in [-0.4, -0.2) is 50.1 Å². The average molecular weight is 322 g/mol. The lowest BCUT2D eigenvalue weighted by atomic mass is 10.2. The van der Waals surface area contributed by atoms with Crippen molar-refractivity contribution in [3.63, 3.8) is 0 Å². The third kappa shape index (κ3) is 4.62. The Kier molecular flexibility index (Phi) is 5.21. The number of hydrogen-bond acceptors (Lipinski definition) is 3. The molecule has 0 spiro atoms. The van der Waals surface area contributed by atoms with Crippen molar-refractivity contribution in [1.29, 1.82) is 0 Å². The Labute approximate surface area is 137 Å². The first kappa shape index (κ1) is 15.6. The van der Waals surface area contributed by atoms with Crippen molar-refractivity contribution in [3.8, 4) is 0 Å². The Balaban J connectivity index is 1.36. The minimum Gasteiger partial charge on any atom is -0.369 e. The van der Waals surface area contributed by atoms with Crippen molar-refractivity contribution in [2.45, 2.75) is 19.3 Å². The number of carbonyl (C=O) groups excluding carboxylic acids is 1. The van der Waals surface area contributed by atoms with E-state index >= 15 is 0 Å². The van der Waals surface area contributed by atoms with Gasteiger partial charge in [0.15, 0.2) is 0 Å². The van der Waals surface area contributed by atoms with E-state index in [1.165, 1.54) is 18.5 Å². The van der Waals surface area contributed by atoms with Crippen LogP contribution in [0.1, 0.15) is 19.3 Å². The number of nitrogens with zero attached hydrogens (tertiary/aromatic N) is 2. The molecule has 5 heteroatoms. The van der Waals surface area contributed by atoms with Crippen molar-refractivity contribution >= 4 is 23.2 Å². The summed E-state index contributed by atoms with van der Waals surface area (Å²) in [5.74, 6) is 0.957. The number of carbonyl (C=O) groups is 1. The normalized spacial score (nSPS) is 19.2. The molecule has 1 aliphatic carbocycles. The molecular weight excluding hydrogens is 298 g/mol. The van der Waals surface area contributed by atoms with E-state index in [4.69, 9.17) is 11.6 Å². The van der Waals surface area contributed by atoms with Gasteiger partial charge in [0.1, 0.15) is 0 Å². The van der Waals surface area contributed by atoms with E-state index in [0.717, 1.165) is 50.2 Å². The fraction of sp³-hybridized carbons (Fsp3) is 0.588. The van der Waals surface area contributed by atoms with Crippen LogP contribution in [0.15, 0.2) is 24.3 Å². The smallest absolute Gasteiger partial charge is 0.221 e. The quantitative estimate of drug-likeness (QED) is 0.874. The zero-order valence-corrected chi connectivity index (χ0v) is 13.7. The third-order valence-electron chi connectivity index (χ3n) is 4.50. The molecule has 2 fully saturated rings. The summed E-state index contributed by atoms with van der Waals surface area (Å²) in [5.41, 5.74) is 1.23. The molecule has 1 heterocycles. The molecule has 1 aromatic carbocycles. The van der Waals surface area contributed by atoms with E-state index in [2.05, 4.69) is 27.2 Å². The average Bonchev–Trinajstić information content (AvgIpc) is 3.37. The molecule has 0 radical (unpaired) electrons. The van der Waals surface area contributed by atoms with Gasteiger partial charge in [-0.25, -0.2) is 0 Å². The number of piperazine rings is 1. The SMILES string of the molecule is O=C(CCN1CCN(c2ccc(Cl)cc2)CC1)NCC1CC1. The minimum absolute atomic E-state index is 0.201. The first-order valence-electron chi connectivity index (χ1n) is 8.20. The summed E-state index contributed by atoms with van der Waals surface area (Å²) in [4.78, 5) is 16.5. The van der Waals surface area contributed by atoms with Gasteiger partial charge >= 0.3 is 0 Å². The largest absolute Gasteiger partial charge is 0.369 e. The maximum absolute atomic E-state index is 11.8. The Morgan fingerprint density at radius 3 is 2.45 bits per heavy atom. The summed E-state index contributed by atoms with van der Waals surface area (Å²) in [5, 5.41) is 3.81. The van der Waals surface area contributed by atoms with Crippen LogP contribution in [-0.2, 0) is 4.79 Å². The highest BCUT2D eigenvalue weighted by molar-refractivity contribution is 6.30. The highest BCUT2D eigenvalue weighted by atomic mass is 35.5. The van der Waals surface area contributed by atoms with Crippen molar-refractivity contribution in [2.24, 2.45) is 5.92 Å². The molecule has 3 rings (SSSR count). The van der Waals surface area contributed by atoms with Crippen LogP contribution in [0, 0.1) is 5.92 Å². The van der Waals surface area contributed by atoms with Crippen molar-refractivity contribution < 1.29 is 4.79 Å². The predicted octanol–water partition coefficient (Wildman–Crippen LogP) is 2.38. The summed E-state index contributed by atoms with van der Waals surface area (Å²) in [6.45, 7) is 5.78. The number of halogens is 1. The van der Waals surface area contributed by atoms with E-state index in [-0.39, 0.29) is 5.91 Å². The molecule has 0 aromatic heterocycles. The van der Waals surface area contributed by atoms with Crippen LogP contribution in [0.2, 0.25) is 5.02 Å².